The van der Waals surface area contributed by atoms with Crippen molar-refractivity contribution in [3.63, 3.8) is 0 Å². The molecule has 114 valence electrons. The van der Waals surface area contributed by atoms with Crippen LogP contribution in [0.15, 0.2) is 0 Å². The van der Waals surface area contributed by atoms with E-state index in [-0.39, 0.29) is 0 Å². The Hall–Kier alpha value is -0.0800. The lowest BCUT2D eigenvalue weighted by Gasteiger charge is -2.60. The molecule has 2 heteroatoms. The van der Waals surface area contributed by atoms with Crippen LogP contribution in [-0.2, 0) is 0 Å². The van der Waals surface area contributed by atoms with Gasteiger partial charge >= 0.3 is 0 Å². The summed E-state index contributed by atoms with van der Waals surface area (Å²) in [7, 11) is 0. The molecule has 3 N–H and O–H groups in total. The molecule has 0 spiro atoms. The lowest BCUT2D eigenvalue weighted by Crippen LogP contribution is -2.60. The van der Waals surface area contributed by atoms with Gasteiger partial charge < -0.3 is 11.1 Å². The molecule has 0 aromatic carbocycles. The molecule has 0 aromatic heterocycles. The Labute approximate surface area is 124 Å². The van der Waals surface area contributed by atoms with Crippen LogP contribution >= 0.6 is 0 Å². The lowest BCUT2D eigenvalue weighted by molar-refractivity contribution is -0.0874. The standard InChI is InChI=1S/C18H32N2/c1-17-10-8-14-12(13(17)5-6-15(17)19)4-7-16-18(14,2)9-3-11-20-16/h12-16,20H,3-11,19H2,1-2H3/t12-,13-,14-,15-,16-,17-,18+/m0/s1. The van der Waals surface area contributed by atoms with Gasteiger partial charge in [-0.3, -0.25) is 0 Å². The van der Waals surface area contributed by atoms with Crippen molar-refractivity contribution < 1.29 is 0 Å². The first-order valence-electron chi connectivity index (χ1n) is 9.05. The molecule has 1 heterocycles. The summed E-state index contributed by atoms with van der Waals surface area (Å²) < 4.78 is 0. The Balaban J connectivity index is 1.64. The summed E-state index contributed by atoms with van der Waals surface area (Å²) in [6.45, 7) is 6.38. The van der Waals surface area contributed by atoms with Crippen molar-refractivity contribution in [1.29, 1.82) is 0 Å². The largest absolute Gasteiger partial charge is 0.327 e. The van der Waals surface area contributed by atoms with Gasteiger partial charge in [0.05, 0.1) is 0 Å². The molecule has 0 bridgehead atoms. The van der Waals surface area contributed by atoms with Gasteiger partial charge in [0.2, 0.25) is 0 Å². The second-order valence-electron chi connectivity index (χ2n) is 8.80. The maximum absolute atomic E-state index is 6.50. The maximum atomic E-state index is 6.50. The molecule has 0 radical (unpaired) electrons. The topological polar surface area (TPSA) is 38.0 Å². The average Bonchev–Trinajstić information content (AvgIpc) is 2.74. The molecule has 4 fully saturated rings. The number of rotatable bonds is 0. The number of piperidine rings is 1. The number of nitrogens with two attached hydrogens (primary N) is 1. The summed E-state index contributed by atoms with van der Waals surface area (Å²) in [5, 5.41) is 3.85. The highest BCUT2D eigenvalue weighted by Crippen LogP contribution is 2.63. The van der Waals surface area contributed by atoms with E-state index >= 15 is 0 Å². The van der Waals surface area contributed by atoms with Crippen molar-refractivity contribution in [2.24, 2.45) is 34.3 Å². The van der Waals surface area contributed by atoms with Crippen molar-refractivity contribution in [3.05, 3.63) is 0 Å². The van der Waals surface area contributed by atoms with Crippen molar-refractivity contribution in [1.82, 2.24) is 5.32 Å². The van der Waals surface area contributed by atoms with Gasteiger partial charge in [0.25, 0.3) is 0 Å². The Morgan fingerprint density at radius 3 is 2.55 bits per heavy atom. The minimum absolute atomic E-state index is 0.465. The molecule has 3 saturated carbocycles. The highest BCUT2D eigenvalue weighted by molar-refractivity contribution is 5.11. The SMILES string of the molecule is C[C@]12CCCN[C@H]1CC[C@@H]1[C@@H]2CC[C@]2(C)[C@@H](N)CC[C@@H]12. The first-order valence-corrected chi connectivity index (χ1v) is 9.05. The molecular weight excluding hydrogens is 244 g/mol. The van der Waals surface area contributed by atoms with Crippen LogP contribution in [0.1, 0.15) is 65.2 Å². The zero-order valence-corrected chi connectivity index (χ0v) is 13.3. The summed E-state index contributed by atoms with van der Waals surface area (Å²) in [6, 6.07) is 1.28. The number of fused-ring (bicyclic) bond motifs is 5. The predicted molar refractivity (Wildman–Crippen MR) is 83.4 cm³/mol. The van der Waals surface area contributed by atoms with E-state index in [1.165, 1.54) is 57.9 Å². The molecule has 0 unspecified atom stereocenters. The van der Waals surface area contributed by atoms with Gasteiger partial charge in [-0.2, -0.15) is 0 Å². The normalized spacial score (nSPS) is 58.6. The zero-order valence-electron chi connectivity index (χ0n) is 13.3. The third-order valence-corrected chi connectivity index (χ3v) is 8.23. The third-order valence-electron chi connectivity index (χ3n) is 8.23. The Bertz CT molecular complexity index is 395. The highest BCUT2D eigenvalue weighted by atomic mass is 15.0. The van der Waals surface area contributed by atoms with Crippen LogP contribution in [0, 0.1) is 28.6 Å². The minimum Gasteiger partial charge on any atom is -0.327 e. The second-order valence-corrected chi connectivity index (χ2v) is 8.80. The van der Waals surface area contributed by atoms with Gasteiger partial charge in [-0.15, -0.1) is 0 Å². The Morgan fingerprint density at radius 2 is 1.70 bits per heavy atom. The Morgan fingerprint density at radius 1 is 0.900 bits per heavy atom. The minimum atomic E-state index is 0.465. The summed E-state index contributed by atoms with van der Waals surface area (Å²) in [6.07, 6.45) is 11.3. The first kappa shape index (κ1) is 13.6. The maximum Gasteiger partial charge on any atom is 0.0124 e. The monoisotopic (exact) mass is 276 g/mol. The van der Waals surface area contributed by atoms with E-state index in [4.69, 9.17) is 5.73 Å². The van der Waals surface area contributed by atoms with E-state index in [1.54, 1.807) is 0 Å². The quantitative estimate of drug-likeness (QED) is 0.712. The van der Waals surface area contributed by atoms with Crippen LogP contribution in [0.4, 0.5) is 0 Å². The fourth-order valence-corrected chi connectivity index (χ4v) is 6.94. The van der Waals surface area contributed by atoms with Crippen LogP contribution in [0.25, 0.3) is 0 Å². The van der Waals surface area contributed by atoms with Crippen molar-refractivity contribution in [2.75, 3.05) is 6.54 Å². The van der Waals surface area contributed by atoms with Crippen molar-refractivity contribution in [2.45, 2.75) is 77.3 Å². The second kappa shape index (κ2) is 4.46. The fraction of sp³-hybridized carbons (Fsp3) is 1.00. The molecular formula is C18H32N2. The van der Waals surface area contributed by atoms with Crippen LogP contribution in [0.5, 0.6) is 0 Å². The van der Waals surface area contributed by atoms with Crippen LogP contribution < -0.4 is 11.1 Å². The number of hydrogen-bond donors (Lipinski definition) is 2. The van der Waals surface area contributed by atoms with E-state index in [0.29, 0.717) is 16.9 Å². The van der Waals surface area contributed by atoms with Crippen LogP contribution in [-0.4, -0.2) is 18.6 Å². The predicted octanol–water partition coefficient (Wildman–Crippen LogP) is 3.31. The van der Waals surface area contributed by atoms with E-state index in [9.17, 15) is 0 Å². The van der Waals surface area contributed by atoms with Gasteiger partial charge in [-0.1, -0.05) is 13.8 Å². The van der Waals surface area contributed by atoms with Gasteiger partial charge in [-0.25, -0.2) is 0 Å². The highest BCUT2D eigenvalue weighted by Gasteiger charge is 2.59. The molecule has 2 nitrogen and oxygen atoms in total. The van der Waals surface area contributed by atoms with Gasteiger partial charge in [-0.05, 0) is 86.5 Å². The van der Waals surface area contributed by atoms with E-state index in [0.717, 1.165) is 23.8 Å². The number of nitrogens with one attached hydrogen (secondary N) is 1. The van der Waals surface area contributed by atoms with Gasteiger partial charge in [0.1, 0.15) is 0 Å². The van der Waals surface area contributed by atoms with Crippen LogP contribution in [0.3, 0.4) is 0 Å². The average molecular weight is 276 g/mol. The van der Waals surface area contributed by atoms with E-state index < -0.39 is 0 Å². The van der Waals surface area contributed by atoms with Crippen LogP contribution in [0.2, 0.25) is 0 Å². The fourth-order valence-electron chi connectivity index (χ4n) is 6.94. The molecule has 20 heavy (non-hydrogen) atoms. The summed E-state index contributed by atoms with van der Waals surface area (Å²) in [4.78, 5) is 0. The molecule has 0 aromatic rings. The van der Waals surface area contributed by atoms with E-state index in [2.05, 4.69) is 19.2 Å². The Kier molecular flexibility index (Phi) is 3.03. The molecule has 4 aliphatic rings. The summed E-state index contributed by atoms with van der Waals surface area (Å²) >= 11 is 0. The first-order chi connectivity index (χ1) is 9.56. The van der Waals surface area contributed by atoms with Crippen molar-refractivity contribution >= 4 is 0 Å². The molecule has 3 aliphatic carbocycles. The number of hydrogen-bond acceptors (Lipinski definition) is 2. The van der Waals surface area contributed by atoms with Crippen molar-refractivity contribution in [3.8, 4) is 0 Å². The molecule has 4 rings (SSSR count). The molecule has 1 aliphatic heterocycles. The molecule has 7 atom stereocenters. The smallest absolute Gasteiger partial charge is 0.0124 e. The molecule has 1 saturated heterocycles. The van der Waals surface area contributed by atoms with E-state index in [1.807, 2.05) is 0 Å². The summed E-state index contributed by atoms with van der Waals surface area (Å²) in [5.74, 6) is 2.87. The van der Waals surface area contributed by atoms with Gasteiger partial charge in [0, 0.05) is 12.1 Å². The summed E-state index contributed by atoms with van der Waals surface area (Å²) in [5.41, 5.74) is 7.54. The lowest BCUT2D eigenvalue weighted by atomic mass is 9.47. The zero-order chi connectivity index (χ0) is 14.0. The van der Waals surface area contributed by atoms with Gasteiger partial charge in [0.15, 0.2) is 0 Å². The third kappa shape index (κ3) is 1.64. The molecule has 0 amide bonds.